The number of halogens is 3. The van der Waals surface area contributed by atoms with Gasteiger partial charge in [0.1, 0.15) is 11.6 Å². The van der Waals surface area contributed by atoms with Gasteiger partial charge in [0.25, 0.3) is 0 Å². The van der Waals surface area contributed by atoms with Crippen molar-refractivity contribution >= 4 is 48.9 Å². The van der Waals surface area contributed by atoms with E-state index in [1.807, 2.05) is 24.3 Å². The second-order valence-corrected chi connectivity index (χ2v) is 19.0. The van der Waals surface area contributed by atoms with Gasteiger partial charge in [-0.15, -0.1) is 22.7 Å². The largest absolute Gasteiger partial charge is 0.346 e. The van der Waals surface area contributed by atoms with Gasteiger partial charge in [0, 0.05) is 85.8 Å². The highest BCUT2D eigenvalue weighted by Gasteiger charge is 2.43. The standard InChI is InChI=1S/C22H28FN3S.C18H22FN3S.C4H7Br/c23-19-6-2-1-5-18(19)22(9-3-4-10-22)20-16-27-21(24-20)26-13-11-25(12-14-26)15-17-7-8-17;19-15-6-2-1-5-14(15)18(7-3-4-8-18)16-13-23-17(21-16)22-11-9-20-10-12-22;5-3-4-1-2-4/h1-2,5-6,16-17H,3-4,7-15H2;1-2,5-6,13,20H,3-4,7-12H2;4H,1-3H2. The van der Waals surface area contributed by atoms with Crippen molar-refractivity contribution in [2.24, 2.45) is 11.8 Å². The van der Waals surface area contributed by atoms with Crippen LogP contribution in [-0.4, -0.2) is 79.1 Å². The van der Waals surface area contributed by atoms with Gasteiger partial charge in [-0.3, -0.25) is 4.90 Å². The molecule has 0 atom stereocenters. The summed E-state index contributed by atoms with van der Waals surface area (Å²) in [5, 5.41) is 11.2. The van der Waals surface area contributed by atoms with Crippen molar-refractivity contribution in [3.63, 3.8) is 0 Å². The molecule has 0 bridgehead atoms. The van der Waals surface area contributed by atoms with Gasteiger partial charge in [-0.25, -0.2) is 18.7 Å². The molecule has 4 aromatic rings. The molecule has 0 unspecified atom stereocenters. The predicted molar refractivity (Wildman–Crippen MR) is 229 cm³/mol. The number of hydrogen-bond acceptors (Lipinski definition) is 8. The van der Waals surface area contributed by atoms with Gasteiger partial charge < -0.3 is 15.1 Å². The molecule has 0 spiro atoms. The van der Waals surface area contributed by atoms with E-state index in [0.29, 0.717) is 0 Å². The van der Waals surface area contributed by atoms with Crippen LogP contribution in [-0.2, 0) is 10.8 Å². The first-order valence-corrected chi connectivity index (χ1v) is 23.8. The van der Waals surface area contributed by atoms with Crippen LogP contribution in [0.5, 0.6) is 0 Å². The SMILES string of the molecule is BrCC1CC1.Fc1ccccc1C1(c2csc(N3CCN(CC4CC4)CC3)n2)CCCC1.Fc1ccccc1C1(c2csc(N3CCNCC3)n2)CCCC1. The van der Waals surface area contributed by atoms with Crippen LogP contribution in [0.4, 0.5) is 19.0 Å². The minimum absolute atomic E-state index is 0.0809. The lowest BCUT2D eigenvalue weighted by molar-refractivity contribution is 0.248. The minimum Gasteiger partial charge on any atom is -0.346 e. The zero-order chi connectivity index (χ0) is 37.7. The second-order valence-electron chi connectivity index (χ2n) is 16.6. The van der Waals surface area contributed by atoms with E-state index in [2.05, 4.69) is 46.7 Å². The summed E-state index contributed by atoms with van der Waals surface area (Å²) in [4.78, 5) is 17.4. The summed E-state index contributed by atoms with van der Waals surface area (Å²) in [6.45, 7) is 9.71. The molecule has 4 saturated carbocycles. The number of hydrogen-bond donors (Lipinski definition) is 1. The Morgan fingerprint density at radius 3 is 1.51 bits per heavy atom. The van der Waals surface area contributed by atoms with Crippen LogP contribution in [0.3, 0.4) is 0 Å². The number of nitrogens with zero attached hydrogens (tertiary/aromatic N) is 5. The molecule has 6 nitrogen and oxygen atoms in total. The van der Waals surface area contributed by atoms with Crippen LogP contribution in [0.15, 0.2) is 59.3 Å². The van der Waals surface area contributed by atoms with Crippen molar-refractivity contribution in [3.8, 4) is 0 Å². The van der Waals surface area contributed by atoms with E-state index in [4.69, 9.17) is 9.97 Å². The topological polar surface area (TPSA) is 47.5 Å². The zero-order valence-electron chi connectivity index (χ0n) is 32.2. The third-order valence-electron chi connectivity index (χ3n) is 12.8. The van der Waals surface area contributed by atoms with Gasteiger partial charge in [-0.1, -0.05) is 78.0 Å². The second kappa shape index (κ2) is 18.0. The van der Waals surface area contributed by atoms with Gasteiger partial charge >= 0.3 is 0 Å². The Morgan fingerprint density at radius 2 is 1.09 bits per heavy atom. The fourth-order valence-corrected chi connectivity index (χ4v) is 11.8. The lowest BCUT2D eigenvalue weighted by Crippen LogP contribution is -2.47. The average Bonchev–Trinajstić information content (AvgIpc) is 3.88. The maximum absolute atomic E-state index is 14.6. The molecule has 2 saturated heterocycles. The van der Waals surface area contributed by atoms with Crippen molar-refractivity contribution in [2.75, 3.05) is 74.0 Å². The Balaban J connectivity index is 0.000000139. The summed E-state index contributed by atoms with van der Waals surface area (Å²) in [5.41, 5.74) is 3.37. The first-order chi connectivity index (χ1) is 27.0. The Kier molecular flexibility index (Phi) is 12.9. The smallest absolute Gasteiger partial charge is 0.185 e. The van der Waals surface area contributed by atoms with Crippen molar-refractivity contribution in [1.29, 1.82) is 0 Å². The van der Waals surface area contributed by atoms with Crippen molar-refractivity contribution in [1.82, 2.24) is 20.2 Å². The number of alkyl halides is 1. The molecule has 11 heteroatoms. The average molecular weight is 852 g/mol. The molecule has 6 fully saturated rings. The third-order valence-corrected chi connectivity index (χ3v) is 15.5. The zero-order valence-corrected chi connectivity index (χ0v) is 35.4. The van der Waals surface area contributed by atoms with Gasteiger partial charge in [0.05, 0.1) is 11.4 Å². The molecule has 0 amide bonds. The molecule has 1 N–H and O–H groups in total. The van der Waals surface area contributed by atoms with Crippen LogP contribution in [0.25, 0.3) is 0 Å². The number of thiazole rings is 2. The summed E-state index contributed by atoms with van der Waals surface area (Å²) in [6, 6.07) is 14.6. The van der Waals surface area contributed by atoms with Crippen LogP contribution in [0.2, 0.25) is 0 Å². The molecule has 2 aliphatic heterocycles. The normalized spacial score (nSPS) is 22.2. The van der Waals surface area contributed by atoms with Gasteiger partial charge in [-0.05, 0) is 86.5 Å². The van der Waals surface area contributed by atoms with E-state index in [9.17, 15) is 8.78 Å². The Hall–Kier alpha value is -2.44. The highest BCUT2D eigenvalue weighted by molar-refractivity contribution is 9.09. The summed E-state index contributed by atoms with van der Waals surface area (Å²) >= 11 is 6.83. The Labute approximate surface area is 343 Å². The number of aromatic nitrogens is 2. The highest BCUT2D eigenvalue weighted by atomic mass is 79.9. The molecule has 55 heavy (non-hydrogen) atoms. The number of rotatable bonds is 9. The maximum Gasteiger partial charge on any atom is 0.185 e. The molecule has 296 valence electrons. The van der Waals surface area contributed by atoms with Crippen LogP contribution >= 0.6 is 38.6 Å². The first kappa shape index (κ1) is 39.4. The molecule has 10 rings (SSSR count). The predicted octanol–water partition coefficient (Wildman–Crippen LogP) is 10.0. The lowest BCUT2D eigenvalue weighted by atomic mass is 9.76. The first-order valence-electron chi connectivity index (χ1n) is 20.9. The lowest BCUT2D eigenvalue weighted by Gasteiger charge is -2.34. The van der Waals surface area contributed by atoms with Crippen LogP contribution < -0.4 is 15.1 Å². The fraction of sp³-hybridized carbons (Fsp3) is 0.591. The number of piperazine rings is 2. The Morgan fingerprint density at radius 1 is 0.636 bits per heavy atom. The summed E-state index contributed by atoms with van der Waals surface area (Å²) in [6.07, 6.45) is 14.4. The molecule has 6 aliphatic rings. The monoisotopic (exact) mass is 850 g/mol. The van der Waals surface area contributed by atoms with E-state index in [1.165, 1.54) is 37.6 Å². The van der Waals surface area contributed by atoms with Crippen molar-refractivity contribution in [2.45, 2.75) is 87.9 Å². The number of benzene rings is 2. The number of nitrogens with one attached hydrogen (secondary N) is 1. The quantitative estimate of drug-likeness (QED) is 0.169. The van der Waals surface area contributed by atoms with Crippen molar-refractivity contribution < 1.29 is 8.78 Å². The fourth-order valence-electron chi connectivity index (χ4n) is 9.16. The summed E-state index contributed by atoms with van der Waals surface area (Å²) in [5.74, 6) is 1.84. The van der Waals surface area contributed by atoms with E-state index < -0.39 is 0 Å². The molecular formula is C44H57BrF2N6S2. The van der Waals surface area contributed by atoms with E-state index >= 15 is 0 Å². The molecule has 2 aromatic heterocycles. The summed E-state index contributed by atoms with van der Waals surface area (Å²) < 4.78 is 29.1. The minimum atomic E-state index is -0.228. The Bertz CT molecular complexity index is 1820. The molecule has 4 heterocycles. The van der Waals surface area contributed by atoms with Gasteiger partial charge in [0.2, 0.25) is 0 Å². The van der Waals surface area contributed by atoms with Gasteiger partial charge in [0.15, 0.2) is 10.3 Å². The molecule has 4 aliphatic carbocycles. The van der Waals surface area contributed by atoms with E-state index in [0.717, 1.165) is 148 Å². The van der Waals surface area contributed by atoms with Gasteiger partial charge in [-0.2, -0.15) is 0 Å². The van der Waals surface area contributed by atoms with Crippen LogP contribution in [0.1, 0.15) is 99.6 Å². The summed E-state index contributed by atoms with van der Waals surface area (Å²) in [7, 11) is 0. The number of anilines is 2. The third kappa shape index (κ3) is 9.16. The maximum atomic E-state index is 14.6. The van der Waals surface area contributed by atoms with E-state index in [1.54, 1.807) is 46.9 Å². The molecular weight excluding hydrogens is 795 g/mol. The van der Waals surface area contributed by atoms with Crippen LogP contribution in [0, 0.1) is 23.5 Å². The van der Waals surface area contributed by atoms with Crippen molar-refractivity contribution in [3.05, 3.63) is 93.4 Å². The highest BCUT2D eigenvalue weighted by Crippen LogP contribution is 2.49. The van der Waals surface area contributed by atoms with E-state index in [-0.39, 0.29) is 22.5 Å². The molecule has 2 aromatic carbocycles. The molecule has 0 radical (unpaired) electrons.